The topological polar surface area (TPSA) is 75.2 Å². The van der Waals surface area contributed by atoms with E-state index in [0.29, 0.717) is 18.7 Å². The van der Waals surface area contributed by atoms with Gasteiger partial charge in [0.15, 0.2) is 17.5 Å². The first-order chi connectivity index (χ1) is 15.2. The number of hydrogen-bond donors (Lipinski definition) is 2. The van der Waals surface area contributed by atoms with E-state index in [4.69, 9.17) is 14.5 Å². The Kier molecular flexibility index (Phi) is 10.6. The summed E-state index contributed by atoms with van der Waals surface area (Å²) in [5.41, 5.74) is 3.19. The molecule has 3 rings (SSSR count). The van der Waals surface area contributed by atoms with E-state index in [9.17, 15) is 4.79 Å². The van der Waals surface area contributed by atoms with Crippen LogP contribution in [-0.4, -0.2) is 57.2 Å². The molecule has 7 nitrogen and oxygen atoms in total. The molecule has 0 fully saturated rings. The standard InChI is InChI=1S/C24H32N4O3.HI/c1-4-25-24(27-13-8-12-26-23(29)18-9-6-5-7-10-18)28-14-11-19-15-21(30-2)22(31-3)16-20(19)17-28;/h5-7,9-10,15-16H,4,8,11-14,17H2,1-3H3,(H,25,27)(H,26,29);1H. The monoisotopic (exact) mass is 552 g/mol. The third kappa shape index (κ3) is 6.75. The van der Waals surface area contributed by atoms with Gasteiger partial charge in [0, 0.05) is 38.3 Å². The highest BCUT2D eigenvalue weighted by molar-refractivity contribution is 14.0. The lowest BCUT2D eigenvalue weighted by atomic mass is 9.99. The molecule has 1 amide bonds. The van der Waals surface area contributed by atoms with Crippen LogP contribution in [0.15, 0.2) is 47.5 Å². The van der Waals surface area contributed by atoms with Gasteiger partial charge >= 0.3 is 0 Å². The largest absolute Gasteiger partial charge is 0.493 e. The predicted octanol–water partition coefficient (Wildman–Crippen LogP) is 3.47. The number of halogens is 1. The van der Waals surface area contributed by atoms with Crippen LogP contribution in [0.4, 0.5) is 0 Å². The molecule has 0 atom stereocenters. The molecule has 0 aromatic heterocycles. The highest BCUT2D eigenvalue weighted by Gasteiger charge is 2.21. The van der Waals surface area contributed by atoms with Crippen LogP contribution in [0.2, 0.25) is 0 Å². The van der Waals surface area contributed by atoms with Crippen LogP contribution in [0.3, 0.4) is 0 Å². The molecule has 0 unspecified atom stereocenters. The van der Waals surface area contributed by atoms with Crippen molar-refractivity contribution in [1.29, 1.82) is 0 Å². The summed E-state index contributed by atoms with van der Waals surface area (Å²) in [7, 11) is 3.32. The maximum absolute atomic E-state index is 12.1. The van der Waals surface area contributed by atoms with E-state index < -0.39 is 0 Å². The summed E-state index contributed by atoms with van der Waals surface area (Å²) < 4.78 is 10.9. The first-order valence-corrected chi connectivity index (χ1v) is 10.8. The summed E-state index contributed by atoms with van der Waals surface area (Å²) >= 11 is 0. The second kappa shape index (κ2) is 13.1. The van der Waals surface area contributed by atoms with Gasteiger partial charge in [-0.05, 0) is 55.2 Å². The van der Waals surface area contributed by atoms with Gasteiger partial charge in [0.1, 0.15) is 0 Å². The van der Waals surface area contributed by atoms with Crippen LogP contribution in [0.1, 0.15) is 34.8 Å². The van der Waals surface area contributed by atoms with Gasteiger partial charge in [-0.25, -0.2) is 0 Å². The maximum Gasteiger partial charge on any atom is 0.251 e. The van der Waals surface area contributed by atoms with Crippen LogP contribution in [0, 0.1) is 0 Å². The third-order valence-electron chi connectivity index (χ3n) is 5.27. The SMILES string of the molecule is CCNC(=NCCCNC(=O)c1ccccc1)N1CCc2cc(OC)c(OC)cc2C1.I. The highest BCUT2D eigenvalue weighted by atomic mass is 127. The van der Waals surface area contributed by atoms with E-state index in [1.807, 2.05) is 30.3 Å². The van der Waals surface area contributed by atoms with Gasteiger partial charge in [-0.1, -0.05) is 18.2 Å². The molecule has 2 aromatic rings. The number of nitrogens with one attached hydrogen (secondary N) is 2. The number of benzene rings is 2. The molecule has 0 saturated carbocycles. The van der Waals surface area contributed by atoms with Crippen LogP contribution in [0.25, 0.3) is 0 Å². The van der Waals surface area contributed by atoms with Gasteiger partial charge in [0.25, 0.3) is 5.91 Å². The van der Waals surface area contributed by atoms with E-state index in [1.165, 1.54) is 11.1 Å². The quantitative estimate of drug-likeness (QED) is 0.227. The summed E-state index contributed by atoms with van der Waals surface area (Å²) in [4.78, 5) is 19.2. The van der Waals surface area contributed by atoms with Gasteiger partial charge < -0.3 is 25.0 Å². The Morgan fingerprint density at radius 2 is 1.75 bits per heavy atom. The number of carbonyl (C=O) groups is 1. The minimum Gasteiger partial charge on any atom is -0.493 e. The Hall–Kier alpha value is -2.49. The van der Waals surface area contributed by atoms with Crippen molar-refractivity contribution in [2.75, 3.05) is 40.4 Å². The Balaban J connectivity index is 0.00000363. The number of aliphatic imine (C=N–C) groups is 1. The van der Waals surface area contributed by atoms with Crippen LogP contribution < -0.4 is 20.1 Å². The Labute approximate surface area is 207 Å². The molecule has 1 heterocycles. The molecule has 8 heteroatoms. The van der Waals surface area contributed by atoms with Crippen LogP contribution >= 0.6 is 24.0 Å². The van der Waals surface area contributed by atoms with Crippen molar-refractivity contribution in [3.63, 3.8) is 0 Å². The molecule has 0 saturated heterocycles. The molecule has 0 aliphatic carbocycles. The first kappa shape index (κ1) is 25.8. The molecule has 1 aliphatic rings. The summed E-state index contributed by atoms with van der Waals surface area (Å²) in [5.74, 6) is 2.37. The lowest BCUT2D eigenvalue weighted by Crippen LogP contribution is -2.44. The second-order valence-corrected chi connectivity index (χ2v) is 7.36. The first-order valence-electron chi connectivity index (χ1n) is 10.8. The second-order valence-electron chi connectivity index (χ2n) is 7.36. The smallest absolute Gasteiger partial charge is 0.251 e. The van der Waals surface area contributed by atoms with Crippen molar-refractivity contribution in [1.82, 2.24) is 15.5 Å². The average molecular weight is 552 g/mol. The molecule has 2 N–H and O–H groups in total. The van der Waals surface area contributed by atoms with E-state index in [1.54, 1.807) is 14.2 Å². The zero-order valence-corrected chi connectivity index (χ0v) is 21.3. The maximum atomic E-state index is 12.1. The average Bonchev–Trinajstić information content (AvgIpc) is 2.82. The van der Waals surface area contributed by atoms with Crippen molar-refractivity contribution in [3.8, 4) is 11.5 Å². The number of amides is 1. The lowest BCUT2D eigenvalue weighted by molar-refractivity contribution is 0.0953. The van der Waals surface area contributed by atoms with E-state index in [-0.39, 0.29) is 29.9 Å². The van der Waals surface area contributed by atoms with Gasteiger partial charge in [-0.3, -0.25) is 9.79 Å². The van der Waals surface area contributed by atoms with E-state index >= 15 is 0 Å². The van der Waals surface area contributed by atoms with Crippen molar-refractivity contribution >= 4 is 35.8 Å². The highest BCUT2D eigenvalue weighted by Crippen LogP contribution is 2.33. The molecule has 2 aromatic carbocycles. The predicted molar refractivity (Wildman–Crippen MR) is 138 cm³/mol. The van der Waals surface area contributed by atoms with Crippen molar-refractivity contribution < 1.29 is 14.3 Å². The van der Waals surface area contributed by atoms with Gasteiger partial charge in [0.05, 0.1) is 14.2 Å². The number of hydrogen-bond acceptors (Lipinski definition) is 4. The fraction of sp³-hybridized carbons (Fsp3) is 0.417. The molecule has 0 spiro atoms. The molecule has 0 radical (unpaired) electrons. The number of guanidine groups is 1. The molecule has 0 bridgehead atoms. The molecule has 1 aliphatic heterocycles. The molecule has 174 valence electrons. The molecule has 32 heavy (non-hydrogen) atoms. The number of fused-ring (bicyclic) bond motifs is 1. The van der Waals surface area contributed by atoms with Gasteiger partial charge in [-0.2, -0.15) is 0 Å². The number of nitrogens with zero attached hydrogens (tertiary/aromatic N) is 2. The summed E-state index contributed by atoms with van der Waals surface area (Å²) in [6, 6.07) is 13.4. The van der Waals surface area contributed by atoms with Crippen LogP contribution in [0.5, 0.6) is 11.5 Å². The Morgan fingerprint density at radius 3 is 2.41 bits per heavy atom. The Morgan fingerprint density at radius 1 is 1.06 bits per heavy atom. The fourth-order valence-corrected chi connectivity index (χ4v) is 3.65. The van der Waals surface area contributed by atoms with Crippen LogP contribution in [-0.2, 0) is 13.0 Å². The summed E-state index contributed by atoms with van der Waals surface area (Å²) in [6.07, 6.45) is 1.70. The zero-order chi connectivity index (χ0) is 22.1. The molecular formula is C24H33IN4O3. The zero-order valence-electron chi connectivity index (χ0n) is 19.0. The van der Waals surface area contributed by atoms with Crippen molar-refractivity contribution in [2.24, 2.45) is 4.99 Å². The summed E-state index contributed by atoms with van der Waals surface area (Å²) in [5, 5.41) is 6.35. The van der Waals surface area contributed by atoms with Crippen molar-refractivity contribution in [3.05, 3.63) is 59.2 Å². The summed E-state index contributed by atoms with van der Waals surface area (Å²) in [6.45, 7) is 5.77. The van der Waals surface area contributed by atoms with E-state index in [0.717, 1.165) is 49.9 Å². The van der Waals surface area contributed by atoms with Crippen molar-refractivity contribution in [2.45, 2.75) is 26.3 Å². The number of ether oxygens (including phenoxy) is 2. The minimum atomic E-state index is -0.0477. The fourth-order valence-electron chi connectivity index (χ4n) is 3.65. The molecular weight excluding hydrogens is 519 g/mol. The van der Waals surface area contributed by atoms with Gasteiger partial charge in [0.2, 0.25) is 0 Å². The van der Waals surface area contributed by atoms with Gasteiger partial charge in [-0.15, -0.1) is 24.0 Å². The lowest BCUT2D eigenvalue weighted by Gasteiger charge is -2.32. The number of methoxy groups -OCH3 is 2. The minimum absolute atomic E-state index is 0. The normalized spacial score (nSPS) is 13.0. The van der Waals surface area contributed by atoms with E-state index in [2.05, 4.69) is 34.6 Å². The number of rotatable bonds is 8. The Bertz CT molecular complexity index is 906. The number of carbonyl (C=O) groups excluding carboxylic acids is 1. The third-order valence-corrected chi connectivity index (χ3v) is 5.27.